The fourth-order valence-electron chi connectivity index (χ4n) is 2.45. The minimum atomic E-state index is -0.150. The van der Waals surface area contributed by atoms with Crippen molar-refractivity contribution < 1.29 is 4.74 Å². The Morgan fingerprint density at radius 1 is 1.32 bits per heavy atom. The maximum absolute atomic E-state index is 8.71. The van der Waals surface area contributed by atoms with Crippen molar-refractivity contribution in [2.75, 3.05) is 19.7 Å². The van der Waals surface area contributed by atoms with Crippen LogP contribution in [0.4, 0.5) is 0 Å². The van der Waals surface area contributed by atoms with Gasteiger partial charge in [0.2, 0.25) is 0 Å². The standard InChI is InChI=1S/C17H22N4O/c1-17(2,3)21-12-15(19-20-18)16(13-21)22-11-7-10-14-8-5-4-6-9-14/h4-6,8-9,15-16H,11-13H2,1-3H3/t15-,16-/m0/s1. The Labute approximate surface area is 131 Å². The summed E-state index contributed by atoms with van der Waals surface area (Å²) in [5.41, 5.74) is 9.72. The summed E-state index contributed by atoms with van der Waals surface area (Å²) < 4.78 is 5.84. The molecule has 0 unspecified atom stereocenters. The van der Waals surface area contributed by atoms with Crippen LogP contribution in [0.15, 0.2) is 35.4 Å². The van der Waals surface area contributed by atoms with Crippen molar-refractivity contribution in [2.45, 2.75) is 38.5 Å². The number of ether oxygens (including phenoxy) is 1. The van der Waals surface area contributed by atoms with E-state index in [2.05, 4.69) is 47.5 Å². The molecule has 0 saturated carbocycles. The molecule has 0 aromatic heterocycles. The van der Waals surface area contributed by atoms with E-state index in [1.807, 2.05) is 30.3 Å². The van der Waals surface area contributed by atoms with Gasteiger partial charge in [-0.15, -0.1) is 0 Å². The van der Waals surface area contributed by atoms with Crippen LogP contribution in [0.25, 0.3) is 10.4 Å². The number of rotatable bonds is 3. The van der Waals surface area contributed by atoms with E-state index in [0.717, 1.165) is 18.7 Å². The van der Waals surface area contributed by atoms with Gasteiger partial charge < -0.3 is 4.74 Å². The molecule has 0 amide bonds. The summed E-state index contributed by atoms with van der Waals surface area (Å²) >= 11 is 0. The summed E-state index contributed by atoms with van der Waals surface area (Å²) in [4.78, 5) is 5.22. The van der Waals surface area contributed by atoms with Crippen LogP contribution >= 0.6 is 0 Å². The molecule has 1 fully saturated rings. The lowest BCUT2D eigenvalue weighted by molar-refractivity contribution is 0.0641. The molecule has 2 rings (SSSR count). The van der Waals surface area contributed by atoms with Crippen molar-refractivity contribution in [1.82, 2.24) is 4.90 Å². The molecular formula is C17H22N4O. The molecule has 1 heterocycles. The van der Waals surface area contributed by atoms with Crippen LogP contribution in [0.5, 0.6) is 0 Å². The highest BCUT2D eigenvalue weighted by Crippen LogP contribution is 2.24. The molecule has 5 heteroatoms. The second-order valence-electron chi connectivity index (χ2n) is 6.37. The third kappa shape index (κ3) is 4.51. The largest absolute Gasteiger partial charge is 0.364 e. The quantitative estimate of drug-likeness (QED) is 0.372. The lowest BCUT2D eigenvalue weighted by Gasteiger charge is -2.31. The predicted molar refractivity (Wildman–Crippen MR) is 87.3 cm³/mol. The van der Waals surface area contributed by atoms with Crippen LogP contribution in [0, 0.1) is 11.8 Å². The molecule has 116 valence electrons. The number of azide groups is 1. The predicted octanol–water partition coefficient (Wildman–Crippen LogP) is 3.22. The third-order valence-electron chi connectivity index (χ3n) is 3.76. The van der Waals surface area contributed by atoms with E-state index in [9.17, 15) is 0 Å². The number of hydrogen-bond acceptors (Lipinski definition) is 3. The minimum absolute atomic E-state index is 0.0387. The Hall–Kier alpha value is -1.99. The fourth-order valence-corrected chi connectivity index (χ4v) is 2.45. The molecule has 1 aromatic carbocycles. The number of benzene rings is 1. The first kappa shape index (κ1) is 16.4. The molecule has 1 aromatic rings. The molecule has 0 bridgehead atoms. The monoisotopic (exact) mass is 298 g/mol. The van der Waals surface area contributed by atoms with Gasteiger partial charge in [-0.25, -0.2) is 0 Å². The van der Waals surface area contributed by atoms with Crippen LogP contribution in [-0.4, -0.2) is 42.3 Å². The Morgan fingerprint density at radius 2 is 2.05 bits per heavy atom. The smallest absolute Gasteiger partial charge is 0.108 e. The van der Waals surface area contributed by atoms with Crippen LogP contribution in [-0.2, 0) is 4.74 Å². The van der Waals surface area contributed by atoms with Gasteiger partial charge in [0, 0.05) is 29.1 Å². The SMILES string of the molecule is CC(C)(C)N1C[C@H](N=[N+]=[N-])[C@@H](OCC#Cc2ccccc2)C1. The van der Waals surface area contributed by atoms with Crippen molar-refractivity contribution in [3.05, 3.63) is 46.3 Å². The normalized spacial score (nSPS) is 21.8. The highest BCUT2D eigenvalue weighted by molar-refractivity contribution is 5.33. The first-order valence-electron chi connectivity index (χ1n) is 7.45. The highest BCUT2D eigenvalue weighted by Gasteiger charge is 2.37. The molecule has 1 aliphatic heterocycles. The summed E-state index contributed by atoms with van der Waals surface area (Å²) in [7, 11) is 0. The van der Waals surface area contributed by atoms with E-state index >= 15 is 0 Å². The molecule has 0 spiro atoms. The Morgan fingerprint density at radius 3 is 2.68 bits per heavy atom. The lowest BCUT2D eigenvalue weighted by atomic mass is 10.1. The van der Waals surface area contributed by atoms with Crippen LogP contribution in [0.2, 0.25) is 0 Å². The van der Waals surface area contributed by atoms with E-state index < -0.39 is 0 Å². The maximum Gasteiger partial charge on any atom is 0.108 e. The molecule has 5 nitrogen and oxygen atoms in total. The fraction of sp³-hybridized carbons (Fsp3) is 0.529. The summed E-state index contributed by atoms with van der Waals surface area (Å²) in [5, 5.41) is 3.87. The van der Waals surface area contributed by atoms with Gasteiger partial charge >= 0.3 is 0 Å². The second-order valence-corrected chi connectivity index (χ2v) is 6.37. The van der Waals surface area contributed by atoms with Gasteiger partial charge in [0.1, 0.15) is 6.61 Å². The van der Waals surface area contributed by atoms with Crippen LogP contribution in [0.1, 0.15) is 26.3 Å². The number of nitrogens with zero attached hydrogens (tertiary/aromatic N) is 4. The van der Waals surface area contributed by atoms with Crippen molar-refractivity contribution in [2.24, 2.45) is 5.11 Å². The van der Waals surface area contributed by atoms with Crippen LogP contribution < -0.4 is 0 Å². The van der Waals surface area contributed by atoms with Crippen molar-refractivity contribution in [1.29, 1.82) is 0 Å². The summed E-state index contributed by atoms with van der Waals surface area (Å²) in [6.45, 7) is 8.28. The Bertz CT molecular complexity index is 591. The first-order valence-corrected chi connectivity index (χ1v) is 7.45. The van der Waals surface area contributed by atoms with Gasteiger partial charge in [-0.05, 0) is 38.4 Å². The molecule has 1 aliphatic rings. The van der Waals surface area contributed by atoms with Crippen molar-refractivity contribution in [3.63, 3.8) is 0 Å². The van der Waals surface area contributed by atoms with Crippen LogP contribution in [0.3, 0.4) is 0 Å². The molecule has 0 radical (unpaired) electrons. The van der Waals surface area contributed by atoms with E-state index in [4.69, 9.17) is 10.3 Å². The second kappa shape index (κ2) is 7.33. The van der Waals surface area contributed by atoms with E-state index in [0.29, 0.717) is 6.61 Å². The van der Waals surface area contributed by atoms with Gasteiger partial charge in [-0.2, -0.15) is 0 Å². The Kier molecular flexibility index (Phi) is 5.46. The molecule has 22 heavy (non-hydrogen) atoms. The van der Waals surface area contributed by atoms with Gasteiger partial charge in [-0.1, -0.05) is 35.2 Å². The van der Waals surface area contributed by atoms with E-state index in [-0.39, 0.29) is 17.7 Å². The first-order chi connectivity index (χ1) is 10.5. The zero-order chi connectivity index (χ0) is 16.0. The van der Waals surface area contributed by atoms with Gasteiger partial charge in [0.15, 0.2) is 0 Å². The number of likely N-dealkylation sites (tertiary alicyclic amines) is 1. The van der Waals surface area contributed by atoms with Crippen molar-refractivity contribution >= 4 is 0 Å². The number of hydrogen-bond donors (Lipinski definition) is 0. The molecule has 2 atom stereocenters. The molecule has 0 aliphatic carbocycles. The minimum Gasteiger partial charge on any atom is -0.364 e. The molecule has 1 saturated heterocycles. The van der Waals surface area contributed by atoms with Gasteiger partial charge in [-0.3, -0.25) is 4.90 Å². The molecule has 0 N–H and O–H groups in total. The lowest BCUT2D eigenvalue weighted by Crippen LogP contribution is -2.40. The van der Waals surface area contributed by atoms with E-state index in [1.165, 1.54) is 0 Å². The molecular weight excluding hydrogens is 276 g/mol. The van der Waals surface area contributed by atoms with Gasteiger partial charge in [0.05, 0.1) is 12.1 Å². The summed E-state index contributed by atoms with van der Waals surface area (Å²) in [6.07, 6.45) is -0.0970. The average molecular weight is 298 g/mol. The summed E-state index contributed by atoms with van der Waals surface area (Å²) in [6, 6.07) is 9.66. The maximum atomic E-state index is 8.71. The Balaban J connectivity index is 1.93. The zero-order valence-corrected chi connectivity index (χ0v) is 13.4. The average Bonchev–Trinajstić information content (AvgIpc) is 2.89. The zero-order valence-electron chi connectivity index (χ0n) is 13.4. The van der Waals surface area contributed by atoms with Gasteiger partial charge in [0.25, 0.3) is 0 Å². The summed E-state index contributed by atoms with van der Waals surface area (Å²) in [5.74, 6) is 6.08. The topological polar surface area (TPSA) is 61.2 Å². The highest BCUT2D eigenvalue weighted by atomic mass is 16.5. The van der Waals surface area contributed by atoms with Crippen molar-refractivity contribution in [3.8, 4) is 11.8 Å². The third-order valence-corrected chi connectivity index (χ3v) is 3.76. The van der Waals surface area contributed by atoms with E-state index in [1.54, 1.807) is 0 Å².